The Kier molecular flexibility index (Phi) is 11.1. The van der Waals surface area contributed by atoms with Crippen LogP contribution in [0, 0.1) is 0 Å². The van der Waals surface area contributed by atoms with Gasteiger partial charge < -0.3 is 11.1 Å². The topological polar surface area (TPSA) is 87.5 Å². The second-order valence-electron chi connectivity index (χ2n) is 5.82. The summed E-state index contributed by atoms with van der Waals surface area (Å²) in [6.45, 7) is 5.26. The van der Waals surface area contributed by atoms with E-state index in [0.29, 0.717) is 11.5 Å². The fourth-order valence-electron chi connectivity index (χ4n) is 2.21. The third-order valence-corrected chi connectivity index (χ3v) is 4.39. The highest BCUT2D eigenvalue weighted by molar-refractivity contribution is 7.81. The molecule has 0 aliphatic rings. The zero-order valence-corrected chi connectivity index (χ0v) is 18.2. The van der Waals surface area contributed by atoms with Gasteiger partial charge in [-0.15, -0.1) is 0 Å². The third-order valence-electron chi connectivity index (χ3n) is 3.55. The van der Waals surface area contributed by atoms with Gasteiger partial charge in [-0.05, 0) is 13.8 Å². The molecule has 6 nitrogen and oxygen atoms in total. The highest BCUT2D eigenvalue weighted by Gasteiger charge is 2.13. The van der Waals surface area contributed by atoms with Gasteiger partial charge in [0.25, 0.3) is 0 Å². The van der Waals surface area contributed by atoms with Crippen molar-refractivity contribution in [2.75, 3.05) is 13.1 Å². The van der Waals surface area contributed by atoms with Crippen LogP contribution in [-0.4, -0.2) is 39.9 Å². The van der Waals surface area contributed by atoms with Crippen LogP contribution in [0.1, 0.15) is 31.4 Å². The molecule has 0 aliphatic carbocycles. The lowest BCUT2D eigenvalue weighted by atomic mass is 10.2. The Balaban J connectivity index is 0.000000326. The average Bonchev–Trinajstić information content (AvgIpc) is 2.73. The average molecular weight is 431 g/mol. The first-order chi connectivity index (χ1) is 13.9. The molecule has 0 unspecified atom stereocenters. The minimum atomic E-state index is -0.672. The van der Waals surface area contributed by atoms with E-state index in [2.05, 4.69) is 10.7 Å². The number of carbonyl (C=O) groups is 2. The maximum atomic E-state index is 11.4. The molecule has 0 saturated heterocycles. The van der Waals surface area contributed by atoms with Crippen LogP contribution in [-0.2, 0) is 9.59 Å². The summed E-state index contributed by atoms with van der Waals surface area (Å²) in [5.41, 5.74) is 9.41. The lowest BCUT2D eigenvalue weighted by Crippen LogP contribution is -2.46. The van der Waals surface area contributed by atoms with Crippen molar-refractivity contribution in [3.05, 3.63) is 71.8 Å². The quantitative estimate of drug-likeness (QED) is 0.371. The summed E-state index contributed by atoms with van der Waals surface area (Å²) < 4.78 is 0. The van der Waals surface area contributed by atoms with E-state index in [1.165, 1.54) is 5.01 Å². The van der Waals surface area contributed by atoms with Crippen LogP contribution in [0.2, 0.25) is 0 Å². The number of benzene rings is 2. The molecule has 0 spiro atoms. The van der Waals surface area contributed by atoms with E-state index >= 15 is 0 Å². The molecular formula is C21H26N4O2S2. The first kappa shape index (κ1) is 24.2. The van der Waals surface area contributed by atoms with Gasteiger partial charge in [0.05, 0.1) is 0 Å². The predicted molar refractivity (Wildman–Crippen MR) is 124 cm³/mol. The van der Waals surface area contributed by atoms with E-state index in [0.717, 1.165) is 22.7 Å². The van der Waals surface area contributed by atoms with Gasteiger partial charge in [0.1, 0.15) is 16.4 Å². The van der Waals surface area contributed by atoms with Gasteiger partial charge in [-0.3, -0.25) is 20.0 Å². The molecule has 0 radical (unpaired) electrons. The Morgan fingerprint density at radius 2 is 1.45 bits per heavy atom. The van der Waals surface area contributed by atoms with E-state index in [9.17, 15) is 9.59 Å². The largest absolute Gasteiger partial charge is 0.376 e. The summed E-state index contributed by atoms with van der Waals surface area (Å²) in [5, 5.41) is 4.60. The minimum Gasteiger partial charge on any atom is -0.376 e. The zero-order chi connectivity index (χ0) is 21.6. The van der Waals surface area contributed by atoms with Crippen LogP contribution in [0.5, 0.6) is 0 Å². The smallest absolute Gasteiger partial charge is 0.247 e. The molecule has 0 bridgehead atoms. The van der Waals surface area contributed by atoms with Crippen LogP contribution < -0.4 is 16.5 Å². The van der Waals surface area contributed by atoms with E-state index in [-0.39, 0.29) is 6.42 Å². The molecule has 0 aliphatic heterocycles. The van der Waals surface area contributed by atoms with Crippen molar-refractivity contribution in [3.8, 4) is 0 Å². The van der Waals surface area contributed by atoms with Crippen LogP contribution in [0.3, 0.4) is 0 Å². The summed E-state index contributed by atoms with van der Waals surface area (Å²) in [6, 6.07) is 19.3. The van der Waals surface area contributed by atoms with Crippen molar-refractivity contribution in [2.24, 2.45) is 5.73 Å². The first-order valence-electron chi connectivity index (χ1n) is 9.16. The Bertz CT molecular complexity index is 814. The molecule has 8 heteroatoms. The number of hydrogen-bond donors (Lipinski definition) is 3. The second kappa shape index (κ2) is 13.4. The zero-order valence-electron chi connectivity index (χ0n) is 16.6. The summed E-state index contributed by atoms with van der Waals surface area (Å²) >= 11 is 10.4. The number of rotatable bonds is 6. The Morgan fingerprint density at radius 3 is 1.90 bits per heavy atom. The maximum absolute atomic E-state index is 11.4. The van der Waals surface area contributed by atoms with Crippen molar-refractivity contribution < 1.29 is 9.59 Å². The molecule has 0 aromatic heterocycles. The lowest BCUT2D eigenvalue weighted by Gasteiger charge is -2.24. The van der Waals surface area contributed by atoms with E-state index in [1.807, 2.05) is 74.5 Å². The van der Waals surface area contributed by atoms with Crippen molar-refractivity contribution in [3.63, 3.8) is 0 Å². The van der Waals surface area contributed by atoms with Gasteiger partial charge in [-0.1, -0.05) is 85.1 Å². The first-order valence-corrected chi connectivity index (χ1v) is 9.98. The number of hydrogen-bond acceptors (Lipinski definition) is 4. The molecule has 154 valence electrons. The van der Waals surface area contributed by atoms with E-state index in [1.54, 1.807) is 0 Å². The molecule has 2 amide bonds. The number of amides is 2. The Hall–Kier alpha value is -2.84. The summed E-state index contributed by atoms with van der Waals surface area (Å²) in [6.07, 6.45) is -0.353. The van der Waals surface area contributed by atoms with Gasteiger partial charge in [-0.25, -0.2) is 0 Å². The number of nitrogens with zero attached hydrogens (tertiary/aromatic N) is 1. The Morgan fingerprint density at radius 1 is 0.931 bits per heavy atom. The SMILES string of the molecule is CCN(NC(=O)CC(N)=O)C(=S)c1ccccc1.CCNC(=S)c1ccccc1. The molecule has 0 atom stereocenters. The maximum Gasteiger partial charge on any atom is 0.247 e. The van der Waals surface area contributed by atoms with Crippen LogP contribution in [0.4, 0.5) is 0 Å². The van der Waals surface area contributed by atoms with Gasteiger partial charge in [0.15, 0.2) is 0 Å². The molecule has 2 aromatic rings. The van der Waals surface area contributed by atoms with Crippen LogP contribution in [0.15, 0.2) is 60.7 Å². The minimum absolute atomic E-state index is 0.353. The standard InChI is InChI=1S/C12H15N3O2S.C9H11NS/c1-2-15(14-11(17)8-10(13)16)12(18)9-6-4-3-5-7-9;1-2-10-9(11)8-6-4-3-5-7-8/h3-7H,2,8H2,1H3,(H2,13,16)(H,14,17);3-7H,2H2,1H3,(H,10,11). The number of hydrazine groups is 1. The third kappa shape index (κ3) is 9.27. The number of carbonyl (C=O) groups excluding carboxylic acids is 2. The predicted octanol–water partition coefficient (Wildman–Crippen LogP) is 2.56. The van der Waals surface area contributed by atoms with Gasteiger partial charge in [-0.2, -0.15) is 0 Å². The molecular weight excluding hydrogens is 404 g/mol. The van der Waals surface area contributed by atoms with Gasteiger partial charge in [0, 0.05) is 24.2 Å². The van der Waals surface area contributed by atoms with Crippen molar-refractivity contribution in [1.82, 2.24) is 15.8 Å². The molecule has 2 rings (SSSR count). The van der Waals surface area contributed by atoms with Crippen LogP contribution >= 0.6 is 24.4 Å². The van der Waals surface area contributed by atoms with Crippen molar-refractivity contribution in [2.45, 2.75) is 20.3 Å². The van der Waals surface area contributed by atoms with Gasteiger partial charge >= 0.3 is 0 Å². The van der Waals surface area contributed by atoms with Crippen molar-refractivity contribution in [1.29, 1.82) is 0 Å². The number of primary amides is 1. The summed E-state index contributed by atoms with van der Waals surface area (Å²) in [7, 11) is 0. The van der Waals surface area contributed by atoms with E-state index < -0.39 is 11.8 Å². The summed E-state index contributed by atoms with van der Waals surface area (Å²) in [4.78, 5) is 23.4. The number of nitrogens with one attached hydrogen (secondary N) is 2. The number of nitrogens with two attached hydrogens (primary N) is 1. The lowest BCUT2D eigenvalue weighted by molar-refractivity contribution is -0.129. The monoisotopic (exact) mass is 430 g/mol. The molecule has 0 fully saturated rings. The van der Waals surface area contributed by atoms with Crippen LogP contribution in [0.25, 0.3) is 0 Å². The van der Waals surface area contributed by atoms with Crippen molar-refractivity contribution >= 4 is 46.2 Å². The highest BCUT2D eigenvalue weighted by atomic mass is 32.1. The molecule has 0 heterocycles. The van der Waals surface area contributed by atoms with Gasteiger partial charge in [0.2, 0.25) is 11.8 Å². The molecule has 0 saturated carbocycles. The molecule has 4 N–H and O–H groups in total. The second-order valence-corrected chi connectivity index (χ2v) is 6.61. The fourth-order valence-corrected chi connectivity index (χ4v) is 2.80. The van der Waals surface area contributed by atoms with E-state index in [4.69, 9.17) is 30.2 Å². The fraction of sp³-hybridized carbons (Fsp3) is 0.238. The Labute approximate surface area is 182 Å². The summed E-state index contributed by atoms with van der Waals surface area (Å²) in [5.74, 6) is -1.14. The molecule has 2 aromatic carbocycles. The normalized spacial score (nSPS) is 9.45. The highest BCUT2D eigenvalue weighted by Crippen LogP contribution is 2.04. The molecule has 29 heavy (non-hydrogen) atoms. The number of thiocarbonyl (C=S) groups is 2.